The lowest BCUT2D eigenvalue weighted by Gasteiger charge is -2.18. The predicted octanol–water partition coefficient (Wildman–Crippen LogP) is 3.70. The fraction of sp³-hybridized carbons (Fsp3) is 0.353. The number of ether oxygens (including phenoxy) is 1. The van der Waals surface area contributed by atoms with Crippen LogP contribution in [0.25, 0.3) is 0 Å². The summed E-state index contributed by atoms with van der Waals surface area (Å²) >= 11 is 6.14. The van der Waals surface area contributed by atoms with Crippen LogP contribution in [0, 0.1) is 6.92 Å². The molecule has 1 aliphatic rings. The molecule has 0 spiro atoms. The Morgan fingerprint density at radius 2 is 2.14 bits per heavy atom. The van der Waals surface area contributed by atoms with Crippen molar-refractivity contribution in [3.63, 3.8) is 0 Å². The molecular formula is C17H19ClN2O. The number of likely N-dealkylation sites (tertiary alicyclic amines) is 1. The molecule has 1 aromatic carbocycles. The average molecular weight is 303 g/mol. The lowest BCUT2D eigenvalue weighted by molar-refractivity contribution is 0.198. The van der Waals surface area contributed by atoms with Crippen LogP contribution in [0.3, 0.4) is 0 Å². The van der Waals surface area contributed by atoms with Gasteiger partial charge >= 0.3 is 0 Å². The van der Waals surface area contributed by atoms with Crippen molar-refractivity contribution in [2.45, 2.75) is 26.0 Å². The van der Waals surface area contributed by atoms with Gasteiger partial charge < -0.3 is 4.74 Å². The second-order valence-corrected chi connectivity index (χ2v) is 5.85. The third kappa shape index (κ3) is 3.55. The number of nitrogens with zero attached hydrogens (tertiary/aromatic N) is 2. The van der Waals surface area contributed by atoms with E-state index in [9.17, 15) is 0 Å². The van der Waals surface area contributed by atoms with Crippen LogP contribution < -0.4 is 4.74 Å². The zero-order valence-electron chi connectivity index (χ0n) is 12.1. The third-order valence-corrected chi connectivity index (χ3v) is 4.18. The van der Waals surface area contributed by atoms with E-state index in [4.69, 9.17) is 16.3 Å². The van der Waals surface area contributed by atoms with Gasteiger partial charge in [-0.3, -0.25) is 9.88 Å². The van der Waals surface area contributed by atoms with Crippen LogP contribution >= 0.6 is 11.6 Å². The predicted molar refractivity (Wildman–Crippen MR) is 84.7 cm³/mol. The Labute approximate surface area is 130 Å². The Morgan fingerprint density at radius 3 is 2.95 bits per heavy atom. The van der Waals surface area contributed by atoms with E-state index in [1.807, 2.05) is 36.5 Å². The molecule has 0 N–H and O–H groups in total. The fourth-order valence-electron chi connectivity index (χ4n) is 2.68. The largest absolute Gasteiger partial charge is 0.487 e. The lowest BCUT2D eigenvalue weighted by atomic mass is 10.2. The summed E-state index contributed by atoms with van der Waals surface area (Å²) in [5, 5.41) is 0.680. The van der Waals surface area contributed by atoms with Gasteiger partial charge in [-0.05, 0) is 37.1 Å². The normalized spacial score (nSPS) is 18.9. The Bertz CT molecular complexity index is 564. The number of aryl methyl sites for hydroxylation is 1. The maximum atomic E-state index is 6.14. The van der Waals surface area contributed by atoms with Crippen molar-refractivity contribution in [2.24, 2.45) is 0 Å². The topological polar surface area (TPSA) is 25.4 Å². The number of hydrogen-bond acceptors (Lipinski definition) is 3. The van der Waals surface area contributed by atoms with Crippen LogP contribution in [0.2, 0.25) is 5.02 Å². The number of para-hydroxylation sites is 1. The SMILES string of the molecule is Cc1ncccc1CN1CCC(Oc2ccccc2Cl)C1. The summed E-state index contributed by atoms with van der Waals surface area (Å²) in [5.74, 6) is 0.781. The quantitative estimate of drug-likeness (QED) is 0.861. The summed E-state index contributed by atoms with van der Waals surface area (Å²) in [6, 6.07) is 11.8. The van der Waals surface area contributed by atoms with Gasteiger partial charge in [0, 0.05) is 31.5 Å². The number of hydrogen-bond donors (Lipinski definition) is 0. The summed E-state index contributed by atoms with van der Waals surface area (Å²) in [7, 11) is 0. The highest BCUT2D eigenvalue weighted by Gasteiger charge is 2.24. The highest BCUT2D eigenvalue weighted by Crippen LogP contribution is 2.27. The summed E-state index contributed by atoms with van der Waals surface area (Å²) in [5.41, 5.74) is 2.39. The Balaban J connectivity index is 1.59. The molecule has 1 atom stereocenters. The molecule has 1 saturated heterocycles. The minimum Gasteiger partial charge on any atom is -0.487 e. The molecule has 21 heavy (non-hydrogen) atoms. The number of halogens is 1. The Hall–Kier alpha value is -1.58. The van der Waals surface area contributed by atoms with E-state index in [-0.39, 0.29) is 6.10 Å². The molecule has 0 radical (unpaired) electrons. The molecule has 3 nitrogen and oxygen atoms in total. The average Bonchev–Trinajstić information content (AvgIpc) is 2.91. The molecule has 1 aromatic heterocycles. The van der Waals surface area contributed by atoms with E-state index < -0.39 is 0 Å². The van der Waals surface area contributed by atoms with Crippen molar-refractivity contribution in [3.8, 4) is 5.75 Å². The van der Waals surface area contributed by atoms with E-state index in [2.05, 4.69) is 22.9 Å². The first-order valence-electron chi connectivity index (χ1n) is 7.26. The Kier molecular flexibility index (Phi) is 4.42. The molecular weight excluding hydrogens is 284 g/mol. The van der Waals surface area contributed by atoms with Gasteiger partial charge in [-0.25, -0.2) is 0 Å². The number of aromatic nitrogens is 1. The van der Waals surface area contributed by atoms with Gasteiger partial charge in [0.05, 0.1) is 5.02 Å². The maximum absolute atomic E-state index is 6.14. The van der Waals surface area contributed by atoms with Crippen molar-refractivity contribution in [2.75, 3.05) is 13.1 Å². The van der Waals surface area contributed by atoms with E-state index in [0.717, 1.165) is 37.5 Å². The van der Waals surface area contributed by atoms with Gasteiger partial charge in [-0.2, -0.15) is 0 Å². The molecule has 0 amide bonds. The van der Waals surface area contributed by atoms with Crippen LogP contribution in [-0.2, 0) is 6.54 Å². The molecule has 0 saturated carbocycles. The fourth-order valence-corrected chi connectivity index (χ4v) is 2.86. The van der Waals surface area contributed by atoms with Crippen molar-refractivity contribution in [1.82, 2.24) is 9.88 Å². The molecule has 0 bridgehead atoms. The van der Waals surface area contributed by atoms with Crippen LogP contribution in [-0.4, -0.2) is 29.1 Å². The minimum atomic E-state index is 0.210. The van der Waals surface area contributed by atoms with Gasteiger partial charge in [0.2, 0.25) is 0 Å². The van der Waals surface area contributed by atoms with Gasteiger partial charge in [-0.15, -0.1) is 0 Å². The van der Waals surface area contributed by atoms with E-state index in [1.54, 1.807) is 0 Å². The first-order valence-corrected chi connectivity index (χ1v) is 7.64. The van der Waals surface area contributed by atoms with E-state index in [1.165, 1.54) is 5.56 Å². The summed E-state index contributed by atoms with van der Waals surface area (Å²) in [6.45, 7) is 4.97. The van der Waals surface area contributed by atoms with E-state index in [0.29, 0.717) is 5.02 Å². The van der Waals surface area contributed by atoms with Crippen LogP contribution in [0.15, 0.2) is 42.6 Å². The standard InChI is InChI=1S/C17H19ClN2O/c1-13-14(5-4-9-19-13)11-20-10-8-15(12-20)21-17-7-3-2-6-16(17)18/h2-7,9,15H,8,10-12H2,1H3. The summed E-state index contributed by atoms with van der Waals surface area (Å²) in [6.07, 6.45) is 3.08. The van der Waals surface area contributed by atoms with Crippen LogP contribution in [0.5, 0.6) is 5.75 Å². The van der Waals surface area contributed by atoms with Crippen molar-refractivity contribution < 1.29 is 4.74 Å². The molecule has 2 aromatic rings. The van der Waals surface area contributed by atoms with Crippen molar-refractivity contribution >= 4 is 11.6 Å². The lowest BCUT2D eigenvalue weighted by Crippen LogP contribution is -2.25. The molecule has 1 unspecified atom stereocenters. The Morgan fingerprint density at radius 1 is 1.29 bits per heavy atom. The third-order valence-electron chi connectivity index (χ3n) is 3.87. The van der Waals surface area contributed by atoms with Gasteiger partial charge in [-0.1, -0.05) is 29.8 Å². The second kappa shape index (κ2) is 6.46. The number of rotatable bonds is 4. The first kappa shape index (κ1) is 14.4. The molecule has 1 fully saturated rings. The number of benzene rings is 1. The molecule has 4 heteroatoms. The van der Waals surface area contributed by atoms with Gasteiger partial charge in [0.1, 0.15) is 11.9 Å². The maximum Gasteiger partial charge on any atom is 0.138 e. The monoisotopic (exact) mass is 302 g/mol. The van der Waals surface area contributed by atoms with Crippen LogP contribution in [0.4, 0.5) is 0 Å². The van der Waals surface area contributed by atoms with Gasteiger partial charge in [0.15, 0.2) is 0 Å². The molecule has 110 valence electrons. The number of pyridine rings is 1. The zero-order valence-corrected chi connectivity index (χ0v) is 12.9. The van der Waals surface area contributed by atoms with Crippen molar-refractivity contribution in [1.29, 1.82) is 0 Å². The molecule has 2 heterocycles. The second-order valence-electron chi connectivity index (χ2n) is 5.44. The molecule has 1 aliphatic heterocycles. The molecule has 0 aliphatic carbocycles. The summed E-state index contributed by atoms with van der Waals surface area (Å²) in [4.78, 5) is 6.75. The zero-order chi connectivity index (χ0) is 14.7. The summed E-state index contributed by atoms with van der Waals surface area (Å²) < 4.78 is 6.02. The minimum absolute atomic E-state index is 0.210. The van der Waals surface area contributed by atoms with E-state index >= 15 is 0 Å². The first-order chi connectivity index (χ1) is 10.2. The highest BCUT2D eigenvalue weighted by atomic mass is 35.5. The van der Waals surface area contributed by atoms with Crippen molar-refractivity contribution in [3.05, 3.63) is 58.9 Å². The van der Waals surface area contributed by atoms with Gasteiger partial charge in [0.25, 0.3) is 0 Å². The highest BCUT2D eigenvalue weighted by molar-refractivity contribution is 6.32. The smallest absolute Gasteiger partial charge is 0.138 e. The van der Waals surface area contributed by atoms with Crippen LogP contribution in [0.1, 0.15) is 17.7 Å². The molecule has 3 rings (SSSR count).